The van der Waals surface area contributed by atoms with Crippen molar-refractivity contribution in [2.75, 3.05) is 11.9 Å². The minimum absolute atomic E-state index is 0.0589. The van der Waals surface area contributed by atoms with E-state index >= 15 is 0 Å². The molecule has 5 heteroatoms. The molecule has 3 rings (SSSR count). The summed E-state index contributed by atoms with van der Waals surface area (Å²) in [6, 6.07) is 3.94. The molecule has 170 valence electrons. The van der Waals surface area contributed by atoms with Crippen molar-refractivity contribution in [3.63, 3.8) is 0 Å². The molecule has 0 aliphatic heterocycles. The minimum atomic E-state index is 0.0589. The predicted molar refractivity (Wildman–Crippen MR) is 132 cm³/mol. The number of rotatable bonds is 10. The van der Waals surface area contributed by atoms with Gasteiger partial charge in [0.25, 0.3) is 0 Å². The summed E-state index contributed by atoms with van der Waals surface area (Å²) >= 11 is 0. The number of anilines is 1. The third kappa shape index (κ3) is 6.13. The second kappa shape index (κ2) is 11.2. The molecule has 0 saturated heterocycles. The number of nitrogens with one attached hydrogen (secondary N) is 1. The molecule has 0 unspecified atom stereocenters. The number of hydrogen-bond donors (Lipinski definition) is 2. The van der Waals surface area contributed by atoms with Crippen molar-refractivity contribution in [1.29, 1.82) is 0 Å². The third-order valence-corrected chi connectivity index (χ3v) is 6.12. The predicted octanol–water partition coefficient (Wildman–Crippen LogP) is 6.22. The number of allylic oxidation sites excluding steroid dienone is 6. The molecular formula is C27H35N3O2. The maximum Gasteiger partial charge on any atom is 0.228 e. The lowest BCUT2D eigenvalue weighted by molar-refractivity contribution is -0.117. The molecule has 0 aromatic carbocycles. The van der Waals surface area contributed by atoms with Gasteiger partial charge < -0.3 is 10.4 Å². The van der Waals surface area contributed by atoms with Crippen LogP contribution < -0.4 is 5.32 Å². The van der Waals surface area contributed by atoms with Gasteiger partial charge in [-0.3, -0.25) is 9.78 Å². The maximum absolute atomic E-state index is 12.0. The highest BCUT2D eigenvalue weighted by atomic mass is 16.2. The van der Waals surface area contributed by atoms with Crippen molar-refractivity contribution in [2.24, 2.45) is 5.92 Å². The topological polar surface area (TPSA) is 75.1 Å². The number of carbonyl (C=O) groups excluding carboxylic acids is 1. The first-order valence-corrected chi connectivity index (χ1v) is 11.7. The van der Waals surface area contributed by atoms with Gasteiger partial charge in [-0.1, -0.05) is 24.6 Å². The zero-order valence-corrected chi connectivity index (χ0v) is 19.7. The molecular weight excluding hydrogens is 398 g/mol. The van der Waals surface area contributed by atoms with Gasteiger partial charge in [0, 0.05) is 35.7 Å². The van der Waals surface area contributed by atoms with E-state index in [4.69, 9.17) is 10.1 Å². The number of unbranched alkanes of at least 4 members (excludes halogenated alkanes) is 1. The first kappa shape index (κ1) is 23.9. The number of carbonyl (C=O) groups is 1. The summed E-state index contributed by atoms with van der Waals surface area (Å²) in [5.41, 5.74) is 5.91. The molecule has 0 radical (unpaired) electrons. The highest BCUT2D eigenvalue weighted by molar-refractivity contribution is 5.95. The lowest BCUT2D eigenvalue weighted by Gasteiger charge is -2.13. The van der Waals surface area contributed by atoms with Gasteiger partial charge in [0.05, 0.1) is 5.69 Å². The highest BCUT2D eigenvalue weighted by Gasteiger charge is 2.29. The molecule has 2 aromatic heterocycles. The number of hydrogen-bond acceptors (Lipinski definition) is 4. The van der Waals surface area contributed by atoms with Crippen LogP contribution in [0.2, 0.25) is 0 Å². The number of aromatic nitrogens is 2. The van der Waals surface area contributed by atoms with Gasteiger partial charge in [-0.05, 0) is 88.1 Å². The standard InChI is InChI=1S/C27H35N3O2/c1-5-18(3)21(9-7-8-12-31)13-19(4)24(6-2)25-14-22-17-29-26(15-23(22)16-28-25)30-27(32)20-10-11-20/h6,13-17,20,31H,5,7-12H2,1-4H3,(H,29,30,32)/b19-13-,21-18+,24-6+. The van der Waals surface area contributed by atoms with Gasteiger partial charge in [-0.25, -0.2) is 4.98 Å². The first-order valence-electron chi connectivity index (χ1n) is 11.7. The Morgan fingerprint density at radius 3 is 2.53 bits per heavy atom. The van der Waals surface area contributed by atoms with E-state index in [-0.39, 0.29) is 18.4 Å². The second-order valence-electron chi connectivity index (χ2n) is 8.62. The lowest BCUT2D eigenvalue weighted by Crippen LogP contribution is -2.14. The summed E-state index contributed by atoms with van der Waals surface area (Å²) in [5, 5.41) is 14.0. The molecule has 1 amide bonds. The number of aliphatic hydroxyl groups is 1. The Labute approximate surface area is 191 Å². The Morgan fingerprint density at radius 1 is 1.16 bits per heavy atom. The van der Waals surface area contributed by atoms with Gasteiger partial charge in [-0.15, -0.1) is 0 Å². The van der Waals surface area contributed by atoms with Crippen LogP contribution in [0.5, 0.6) is 0 Å². The summed E-state index contributed by atoms with van der Waals surface area (Å²) in [4.78, 5) is 21.2. The number of nitrogens with zero attached hydrogens (tertiary/aromatic N) is 2. The molecule has 1 fully saturated rings. The average Bonchev–Trinajstić information content (AvgIpc) is 3.64. The Hall–Kier alpha value is -2.79. The summed E-state index contributed by atoms with van der Waals surface area (Å²) < 4.78 is 0. The molecule has 2 aromatic rings. The highest BCUT2D eigenvalue weighted by Crippen LogP contribution is 2.31. The van der Waals surface area contributed by atoms with Crippen molar-refractivity contribution < 1.29 is 9.90 Å². The molecule has 1 aliphatic rings. The summed E-state index contributed by atoms with van der Waals surface area (Å²) in [6.07, 6.45) is 13.8. The number of pyridine rings is 2. The van der Waals surface area contributed by atoms with Crippen LogP contribution in [0.4, 0.5) is 5.82 Å². The molecule has 5 nitrogen and oxygen atoms in total. The molecule has 0 bridgehead atoms. The van der Waals surface area contributed by atoms with Crippen LogP contribution in [0.1, 0.15) is 71.9 Å². The van der Waals surface area contributed by atoms with E-state index in [9.17, 15) is 4.79 Å². The molecule has 1 aliphatic carbocycles. The fraction of sp³-hybridized carbons (Fsp3) is 0.444. The van der Waals surface area contributed by atoms with Crippen LogP contribution in [0.15, 0.2) is 53.4 Å². The van der Waals surface area contributed by atoms with E-state index in [1.165, 1.54) is 16.7 Å². The number of fused-ring (bicyclic) bond motifs is 1. The van der Waals surface area contributed by atoms with Crippen LogP contribution in [0, 0.1) is 5.92 Å². The molecule has 0 spiro atoms. The van der Waals surface area contributed by atoms with E-state index in [1.54, 1.807) is 6.20 Å². The van der Waals surface area contributed by atoms with Crippen LogP contribution >= 0.6 is 0 Å². The Balaban J connectivity index is 1.84. The first-order chi connectivity index (χ1) is 15.5. The number of amides is 1. The molecule has 32 heavy (non-hydrogen) atoms. The Bertz CT molecular complexity index is 1060. The minimum Gasteiger partial charge on any atom is -0.396 e. The maximum atomic E-state index is 12.0. The van der Waals surface area contributed by atoms with Crippen molar-refractivity contribution in [3.8, 4) is 0 Å². The monoisotopic (exact) mass is 433 g/mol. The van der Waals surface area contributed by atoms with E-state index in [0.717, 1.165) is 60.6 Å². The third-order valence-electron chi connectivity index (χ3n) is 6.12. The molecule has 2 heterocycles. The normalized spacial score (nSPS) is 15.7. The van der Waals surface area contributed by atoms with Gasteiger partial charge in [-0.2, -0.15) is 0 Å². The Morgan fingerprint density at radius 2 is 1.88 bits per heavy atom. The van der Waals surface area contributed by atoms with E-state index in [1.807, 2.05) is 19.2 Å². The van der Waals surface area contributed by atoms with Crippen LogP contribution in [0.25, 0.3) is 16.3 Å². The zero-order valence-electron chi connectivity index (χ0n) is 19.7. The molecule has 2 N–H and O–H groups in total. The molecule has 1 saturated carbocycles. The van der Waals surface area contributed by atoms with Crippen LogP contribution in [-0.2, 0) is 4.79 Å². The summed E-state index contributed by atoms with van der Waals surface area (Å²) in [5.74, 6) is 0.793. The SMILES string of the molecule is C\C=C(/C(C)=C\C(CCCCO)=C(/C)CC)c1cc2cnc(NC(=O)C3CC3)cc2cn1. The van der Waals surface area contributed by atoms with Gasteiger partial charge in [0.15, 0.2) is 0 Å². The zero-order chi connectivity index (χ0) is 23.1. The van der Waals surface area contributed by atoms with Gasteiger partial charge >= 0.3 is 0 Å². The van der Waals surface area contributed by atoms with Crippen molar-refractivity contribution in [3.05, 3.63) is 59.1 Å². The van der Waals surface area contributed by atoms with E-state index < -0.39 is 0 Å². The fourth-order valence-electron chi connectivity index (χ4n) is 3.81. The summed E-state index contributed by atoms with van der Waals surface area (Å²) in [6.45, 7) is 8.77. The molecule has 0 atom stereocenters. The average molecular weight is 434 g/mol. The van der Waals surface area contributed by atoms with Crippen molar-refractivity contribution in [1.82, 2.24) is 9.97 Å². The quantitative estimate of drug-likeness (QED) is 0.345. The fourth-order valence-corrected chi connectivity index (χ4v) is 3.81. The number of aliphatic hydroxyl groups excluding tert-OH is 1. The van der Waals surface area contributed by atoms with Gasteiger partial charge in [0.2, 0.25) is 5.91 Å². The van der Waals surface area contributed by atoms with Crippen LogP contribution in [0.3, 0.4) is 0 Å². The van der Waals surface area contributed by atoms with E-state index in [0.29, 0.717) is 5.82 Å². The smallest absolute Gasteiger partial charge is 0.228 e. The lowest BCUT2D eigenvalue weighted by atomic mass is 9.95. The summed E-state index contributed by atoms with van der Waals surface area (Å²) in [7, 11) is 0. The van der Waals surface area contributed by atoms with E-state index in [2.05, 4.69) is 49.3 Å². The largest absolute Gasteiger partial charge is 0.396 e. The Kier molecular flexibility index (Phi) is 8.34. The van der Waals surface area contributed by atoms with Gasteiger partial charge in [0.1, 0.15) is 5.82 Å². The van der Waals surface area contributed by atoms with Crippen molar-refractivity contribution in [2.45, 2.75) is 66.2 Å². The van der Waals surface area contributed by atoms with Crippen molar-refractivity contribution >= 4 is 28.1 Å². The second-order valence-corrected chi connectivity index (χ2v) is 8.62. The van der Waals surface area contributed by atoms with Crippen LogP contribution in [-0.4, -0.2) is 27.6 Å².